The number of amides is 1. The fourth-order valence-electron chi connectivity index (χ4n) is 2.78. The second kappa shape index (κ2) is 8.37. The molecule has 4 nitrogen and oxygen atoms in total. The van der Waals surface area contributed by atoms with Gasteiger partial charge in [0.05, 0.1) is 6.61 Å². The molecule has 118 valence electrons. The first-order valence-electron chi connectivity index (χ1n) is 7.21. The third kappa shape index (κ3) is 4.99. The predicted octanol–water partition coefficient (Wildman–Crippen LogP) is 1.91. The van der Waals surface area contributed by atoms with E-state index in [1.54, 1.807) is 7.11 Å². The molecule has 5 heteroatoms. The van der Waals surface area contributed by atoms with Crippen molar-refractivity contribution in [3.63, 3.8) is 0 Å². The lowest BCUT2D eigenvalue weighted by Gasteiger charge is -2.42. The van der Waals surface area contributed by atoms with Gasteiger partial charge >= 0.3 is 0 Å². The SMILES string of the molecule is COCC(N)C(=O)NCC1(Cc2ccccc2)CCC1.Cl. The summed E-state index contributed by atoms with van der Waals surface area (Å²) in [6, 6.07) is 9.89. The zero-order chi connectivity index (χ0) is 14.4. The molecule has 1 unspecified atom stereocenters. The first kappa shape index (κ1) is 18.0. The van der Waals surface area contributed by atoms with Gasteiger partial charge in [-0.2, -0.15) is 0 Å². The molecule has 1 amide bonds. The van der Waals surface area contributed by atoms with Gasteiger partial charge in [-0.1, -0.05) is 36.8 Å². The van der Waals surface area contributed by atoms with E-state index in [1.165, 1.54) is 24.8 Å². The van der Waals surface area contributed by atoms with E-state index in [4.69, 9.17) is 10.5 Å². The summed E-state index contributed by atoms with van der Waals surface area (Å²) in [5, 5.41) is 2.99. The van der Waals surface area contributed by atoms with Crippen LogP contribution < -0.4 is 11.1 Å². The van der Waals surface area contributed by atoms with E-state index in [-0.39, 0.29) is 30.3 Å². The molecule has 1 aliphatic rings. The van der Waals surface area contributed by atoms with E-state index in [1.807, 2.05) is 6.07 Å². The van der Waals surface area contributed by atoms with Gasteiger partial charge in [0.15, 0.2) is 0 Å². The smallest absolute Gasteiger partial charge is 0.239 e. The molecule has 1 fully saturated rings. The lowest BCUT2D eigenvalue weighted by Crippen LogP contribution is -2.49. The van der Waals surface area contributed by atoms with E-state index in [2.05, 4.69) is 29.6 Å². The Balaban J connectivity index is 0.00000220. The maximum absolute atomic E-state index is 11.9. The van der Waals surface area contributed by atoms with Crippen molar-refractivity contribution >= 4 is 18.3 Å². The van der Waals surface area contributed by atoms with Crippen molar-refractivity contribution in [3.8, 4) is 0 Å². The molecule has 1 aliphatic carbocycles. The van der Waals surface area contributed by atoms with Crippen LogP contribution >= 0.6 is 12.4 Å². The summed E-state index contributed by atoms with van der Waals surface area (Å²) in [7, 11) is 1.55. The molecule has 0 aliphatic heterocycles. The van der Waals surface area contributed by atoms with Crippen LogP contribution in [0.25, 0.3) is 0 Å². The Kier molecular flexibility index (Phi) is 7.15. The summed E-state index contributed by atoms with van der Waals surface area (Å²) in [6.45, 7) is 0.968. The number of hydrogen-bond donors (Lipinski definition) is 2. The summed E-state index contributed by atoms with van der Waals surface area (Å²) in [6.07, 6.45) is 4.60. The molecule has 1 aromatic rings. The monoisotopic (exact) mass is 312 g/mol. The van der Waals surface area contributed by atoms with Crippen LogP contribution in [0, 0.1) is 5.41 Å². The summed E-state index contributed by atoms with van der Waals surface area (Å²) >= 11 is 0. The van der Waals surface area contributed by atoms with Gasteiger partial charge in [-0.15, -0.1) is 12.4 Å². The third-order valence-corrected chi connectivity index (χ3v) is 4.16. The van der Waals surface area contributed by atoms with Crippen molar-refractivity contribution in [3.05, 3.63) is 35.9 Å². The first-order valence-corrected chi connectivity index (χ1v) is 7.21. The van der Waals surface area contributed by atoms with E-state index in [0.717, 1.165) is 6.42 Å². The highest BCUT2D eigenvalue weighted by atomic mass is 35.5. The van der Waals surface area contributed by atoms with Crippen molar-refractivity contribution in [2.45, 2.75) is 31.7 Å². The maximum atomic E-state index is 11.9. The molecule has 0 spiro atoms. The van der Waals surface area contributed by atoms with Crippen molar-refractivity contribution in [1.82, 2.24) is 5.32 Å². The second-order valence-electron chi connectivity index (χ2n) is 5.80. The first-order chi connectivity index (χ1) is 9.65. The minimum Gasteiger partial charge on any atom is -0.383 e. The van der Waals surface area contributed by atoms with Crippen molar-refractivity contribution in [2.24, 2.45) is 11.1 Å². The van der Waals surface area contributed by atoms with Crippen LogP contribution in [0.2, 0.25) is 0 Å². The summed E-state index contributed by atoms with van der Waals surface area (Å²) < 4.78 is 4.91. The number of benzene rings is 1. The topological polar surface area (TPSA) is 64.3 Å². The van der Waals surface area contributed by atoms with Crippen molar-refractivity contribution in [2.75, 3.05) is 20.3 Å². The molecule has 0 bridgehead atoms. The van der Waals surface area contributed by atoms with Crippen LogP contribution in [0.3, 0.4) is 0 Å². The molecule has 1 atom stereocenters. The van der Waals surface area contributed by atoms with E-state index >= 15 is 0 Å². The normalized spacial score (nSPS) is 17.2. The predicted molar refractivity (Wildman–Crippen MR) is 86.5 cm³/mol. The number of nitrogens with one attached hydrogen (secondary N) is 1. The van der Waals surface area contributed by atoms with Gasteiger partial charge in [-0.05, 0) is 30.2 Å². The van der Waals surface area contributed by atoms with Crippen LogP contribution in [0.15, 0.2) is 30.3 Å². The average molecular weight is 313 g/mol. The quantitative estimate of drug-likeness (QED) is 0.808. The number of carbonyl (C=O) groups excluding carboxylic acids is 1. The van der Waals surface area contributed by atoms with Crippen molar-refractivity contribution < 1.29 is 9.53 Å². The zero-order valence-corrected chi connectivity index (χ0v) is 13.3. The number of rotatable bonds is 7. The number of ether oxygens (including phenoxy) is 1. The van der Waals surface area contributed by atoms with Crippen LogP contribution in [-0.2, 0) is 16.0 Å². The van der Waals surface area contributed by atoms with Gasteiger partial charge in [-0.25, -0.2) is 0 Å². The van der Waals surface area contributed by atoms with Gasteiger partial charge in [0.25, 0.3) is 0 Å². The number of methoxy groups -OCH3 is 1. The Morgan fingerprint density at radius 3 is 2.57 bits per heavy atom. The number of nitrogens with two attached hydrogens (primary N) is 1. The third-order valence-electron chi connectivity index (χ3n) is 4.16. The lowest BCUT2D eigenvalue weighted by molar-refractivity contribution is -0.124. The fraction of sp³-hybridized carbons (Fsp3) is 0.562. The maximum Gasteiger partial charge on any atom is 0.239 e. The second-order valence-corrected chi connectivity index (χ2v) is 5.80. The number of carbonyl (C=O) groups is 1. The Labute approximate surface area is 132 Å². The van der Waals surface area contributed by atoms with E-state index < -0.39 is 6.04 Å². The molecule has 2 rings (SSSR count). The Bertz CT molecular complexity index is 435. The molecular formula is C16H25ClN2O2. The Hall–Kier alpha value is -1.10. The minimum absolute atomic E-state index is 0. The largest absolute Gasteiger partial charge is 0.383 e. The van der Waals surface area contributed by atoms with Crippen molar-refractivity contribution in [1.29, 1.82) is 0 Å². The van der Waals surface area contributed by atoms with E-state index in [0.29, 0.717) is 6.54 Å². The van der Waals surface area contributed by atoms with Crippen LogP contribution in [0.5, 0.6) is 0 Å². The molecule has 0 saturated heterocycles. The molecule has 3 N–H and O–H groups in total. The number of halogens is 1. The molecular weight excluding hydrogens is 288 g/mol. The molecule has 0 aromatic heterocycles. The average Bonchev–Trinajstić information content (AvgIpc) is 2.42. The summed E-state index contributed by atoms with van der Waals surface area (Å²) in [4.78, 5) is 11.9. The Morgan fingerprint density at radius 1 is 1.38 bits per heavy atom. The molecule has 1 aromatic carbocycles. The van der Waals surface area contributed by atoms with Crippen LogP contribution in [0.4, 0.5) is 0 Å². The molecule has 21 heavy (non-hydrogen) atoms. The lowest BCUT2D eigenvalue weighted by atomic mass is 9.65. The zero-order valence-electron chi connectivity index (χ0n) is 12.5. The molecule has 1 saturated carbocycles. The van der Waals surface area contributed by atoms with Gasteiger partial charge in [-0.3, -0.25) is 4.79 Å². The van der Waals surface area contributed by atoms with Gasteiger partial charge < -0.3 is 15.8 Å². The highest BCUT2D eigenvalue weighted by molar-refractivity contribution is 5.85. The van der Waals surface area contributed by atoms with E-state index in [9.17, 15) is 4.79 Å². The van der Waals surface area contributed by atoms with Gasteiger partial charge in [0.2, 0.25) is 5.91 Å². The minimum atomic E-state index is -0.575. The molecule has 0 radical (unpaired) electrons. The summed E-state index contributed by atoms with van der Waals surface area (Å²) in [5.74, 6) is -0.119. The highest BCUT2D eigenvalue weighted by Gasteiger charge is 2.37. The van der Waals surface area contributed by atoms with Gasteiger partial charge in [0.1, 0.15) is 6.04 Å². The van der Waals surface area contributed by atoms with Crippen LogP contribution in [-0.4, -0.2) is 32.2 Å². The Morgan fingerprint density at radius 2 is 2.05 bits per heavy atom. The fourth-order valence-corrected chi connectivity index (χ4v) is 2.78. The highest BCUT2D eigenvalue weighted by Crippen LogP contribution is 2.43. The standard InChI is InChI=1S/C16H24N2O2.ClH/c1-20-11-14(17)15(19)18-12-16(8-5-9-16)10-13-6-3-2-4-7-13;/h2-4,6-7,14H,5,8-12,17H2,1H3,(H,18,19);1H. The van der Waals surface area contributed by atoms with Gasteiger partial charge in [0, 0.05) is 13.7 Å². The summed E-state index contributed by atoms with van der Waals surface area (Å²) in [5.41, 5.74) is 7.28. The van der Waals surface area contributed by atoms with Crippen LogP contribution in [0.1, 0.15) is 24.8 Å². The number of hydrogen-bond acceptors (Lipinski definition) is 3. The molecule has 0 heterocycles.